The van der Waals surface area contributed by atoms with E-state index in [4.69, 9.17) is 16.3 Å². The first-order valence-electron chi connectivity index (χ1n) is 7.66. The molecule has 0 atom stereocenters. The first-order chi connectivity index (χ1) is 11.5. The minimum absolute atomic E-state index is 0.0940. The van der Waals surface area contributed by atoms with E-state index >= 15 is 0 Å². The molecule has 0 spiro atoms. The Bertz CT molecular complexity index is 797. The molecule has 2 aromatic rings. The second-order valence-electron chi connectivity index (χ2n) is 5.75. The molecule has 1 aliphatic rings. The monoisotopic (exact) mass is 344 g/mol. The van der Waals surface area contributed by atoms with Crippen LogP contribution in [-0.4, -0.2) is 30.0 Å². The molecule has 1 aliphatic heterocycles. The number of aromatic nitrogens is 1. The van der Waals surface area contributed by atoms with Gasteiger partial charge >= 0.3 is 5.97 Å². The molecular formula is C18H17ClN2O3. The van der Waals surface area contributed by atoms with Gasteiger partial charge in [0.25, 0.3) is 5.91 Å². The van der Waals surface area contributed by atoms with E-state index in [9.17, 15) is 9.59 Å². The minimum atomic E-state index is -0.633. The van der Waals surface area contributed by atoms with Gasteiger partial charge in [0.1, 0.15) is 5.15 Å². The molecule has 1 aromatic heterocycles. The van der Waals surface area contributed by atoms with E-state index in [0.717, 1.165) is 23.4 Å². The second kappa shape index (κ2) is 6.61. The molecule has 0 bridgehead atoms. The predicted octanol–water partition coefficient (Wildman–Crippen LogP) is 3.10. The lowest BCUT2D eigenvalue weighted by Gasteiger charge is -2.17. The number of carbonyl (C=O) groups is 2. The van der Waals surface area contributed by atoms with Gasteiger partial charge in [-0.15, -0.1) is 0 Å². The summed E-state index contributed by atoms with van der Waals surface area (Å²) in [5.74, 6) is -0.882. The summed E-state index contributed by atoms with van der Waals surface area (Å²) in [4.78, 5) is 30.3. The molecule has 0 aliphatic carbocycles. The first kappa shape index (κ1) is 16.5. The molecule has 6 heteroatoms. The lowest BCUT2D eigenvalue weighted by atomic mass is 10.1. The highest BCUT2D eigenvalue weighted by atomic mass is 35.5. The molecule has 0 N–H and O–H groups in total. The lowest BCUT2D eigenvalue weighted by molar-refractivity contribution is -0.121. The Morgan fingerprint density at radius 2 is 2.04 bits per heavy atom. The van der Waals surface area contributed by atoms with Crippen molar-refractivity contribution in [1.29, 1.82) is 0 Å². The van der Waals surface area contributed by atoms with Crippen molar-refractivity contribution in [2.75, 3.05) is 18.1 Å². The summed E-state index contributed by atoms with van der Waals surface area (Å²) in [7, 11) is 0. The van der Waals surface area contributed by atoms with Crippen LogP contribution in [0, 0.1) is 13.8 Å². The van der Waals surface area contributed by atoms with Crippen molar-refractivity contribution >= 4 is 29.2 Å². The molecule has 1 aromatic carbocycles. The minimum Gasteiger partial charge on any atom is -0.452 e. The number of nitrogens with zero attached hydrogens (tertiary/aromatic N) is 2. The Morgan fingerprint density at radius 1 is 1.29 bits per heavy atom. The molecule has 5 nitrogen and oxygen atoms in total. The van der Waals surface area contributed by atoms with E-state index < -0.39 is 5.97 Å². The van der Waals surface area contributed by atoms with Crippen LogP contribution in [0.1, 0.15) is 27.2 Å². The van der Waals surface area contributed by atoms with E-state index in [-0.39, 0.29) is 23.2 Å². The van der Waals surface area contributed by atoms with E-state index in [0.29, 0.717) is 12.1 Å². The van der Waals surface area contributed by atoms with Gasteiger partial charge in [-0.1, -0.05) is 29.8 Å². The number of pyridine rings is 1. The molecule has 1 amide bonds. The molecule has 0 unspecified atom stereocenters. The number of benzene rings is 1. The molecule has 0 fully saturated rings. The van der Waals surface area contributed by atoms with Gasteiger partial charge in [-0.05, 0) is 43.5 Å². The van der Waals surface area contributed by atoms with E-state index in [1.54, 1.807) is 24.8 Å². The number of para-hydroxylation sites is 1. The van der Waals surface area contributed by atoms with Crippen molar-refractivity contribution in [2.24, 2.45) is 0 Å². The highest BCUT2D eigenvalue weighted by Crippen LogP contribution is 2.27. The van der Waals surface area contributed by atoms with Gasteiger partial charge in [0, 0.05) is 17.9 Å². The van der Waals surface area contributed by atoms with Crippen LogP contribution >= 0.6 is 11.6 Å². The highest BCUT2D eigenvalue weighted by molar-refractivity contribution is 6.32. The largest absolute Gasteiger partial charge is 0.452 e. The Hall–Kier alpha value is -2.40. The van der Waals surface area contributed by atoms with Gasteiger partial charge in [0.15, 0.2) is 6.61 Å². The fraction of sp³-hybridized carbons (Fsp3) is 0.278. The third-order valence-corrected chi connectivity index (χ3v) is 4.29. The number of hydrogen-bond donors (Lipinski definition) is 0. The number of hydrogen-bond acceptors (Lipinski definition) is 4. The number of carbonyl (C=O) groups excluding carboxylic acids is 2. The van der Waals surface area contributed by atoms with Crippen LogP contribution in [-0.2, 0) is 16.0 Å². The van der Waals surface area contributed by atoms with Crippen LogP contribution in [0.2, 0.25) is 5.15 Å². The Labute approximate surface area is 145 Å². The van der Waals surface area contributed by atoms with Gasteiger partial charge in [-0.25, -0.2) is 9.78 Å². The van der Waals surface area contributed by atoms with Crippen molar-refractivity contribution in [3.8, 4) is 0 Å². The maximum Gasteiger partial charge on any atom is 0.342 e. The summed E-state index contributed by atoms with van der Waals surface area (Å²) >= 11 is 6.03. The Kier molecular flexibility index (Phi) is 4.53. The van der Waals surface area contributed by atoms with Crippen molar-refractivity contribution in [3.05, 3.63) is 57.9 Å². The zero-order chi connectivity index (χ0) is 17.3. The summed E-state index contributed by atoms with van der Waals surface area (Å²) in [6.07, 6.45) is 0.808. The number of ether oxygens (including phenoxy) is 1. The number of rotatable bonds is 3. The summed E-state index contributed by atoms with van der Waals surface area (Å²) in [5.41, 5.74) is 3.61. The van der Waals surface area contributed by atoms with E-state index in [2.05, 4.69) is 4.98 Å². The smallest absolute Gasteiger partial charge is 0.342 e. The molecule has 2 heterocycles. The zero-order valence-corrected chi connectivity index (χ0v) is 14.3. The average molecular weight is 345 g/mol. The highest BCUT2D eigenvalue weighted by Gasteiger charge is 2.25. The molecule has 3 rings (SSSR count). The summed E-state index contributed by atoms with van der Waals surface area (Å²) in [5, 5.41) is 0.0940. The fourth-order valence-corrected chi connectivity index (χ4v) is 3.27. The molecular weight excluding hydrogens is 328 g/mol. The number of fused-ring (bicyclic) bond motifs is 1. The van der Waals surface area contributed by atoms with Gasteiger partial charge in [-0.3, -0.25) is 4.79 Å². The number of halogens is 1. The summed E-state index contributed by atoms with van der Waals surface area (Å²) in [6.45, 7) is 3.83. The molecule has 24 heavy (non-hydrogen) atoms. The SMILES string of the molecule is Cc1cc(C)c(C(=O)OCC(=O)N2CCc3ccccc32)c(Cl)n1. The quantitative estimate of drug-likeness (QED) is 0.634. The van der Waals surface area contributed by atoms with Crippen LogP contribution in [0.4, 0.5) is 5.69 Å². The van der Waals surface area contributed by atoms with Gasteiger partial charge < -0.3 is 9.64 Å². The van der Waals surface area contributed by atoms with Crippen LogP contribution in [0.25, 0.3) is 0 Å². The van der Waals surface area contributed by atoms with E-state index in [1.807, 2.05) is 24.3 Å². The van der Waals surface area contributed by atoms with Crippen LogP contribution < -0.4 is 4.90 Å². The van der Waals surface area contributed by atoms with Crippen LogP contribution in [0.15, 0.2) is 30.3 Å². The third kappa shape index (κ3) is 3.12. The normalized spacial score (nSPS) is 12.9. The number of anilines is 1. The van der Waals surface area contributed by atoms with Crippen molar-refractivity contribution in [2.45, 2.75) is 20.3 Å². The van der Waals surface area contributed by atoms with Gasteiger partial charge in [-0.2, -0.15) is 0 Å². The zero-order valence-electron chi connectivity index (χ0n) is 13.5. The molecule has 0 saturated heterocycles. The Balaban J connectivity index is 1.68. The summed E-state index contributed by atoms with van der Waals surface area (Å²) < 4.78 is 5.16. The van der Waals surface area contributed by atoms with E-state index in [1.165, 1.54) is 0 Å². The van der Waals surface area contributed by atoms with Crippen LogP contribution in [0.5, 0.6) is 0 Å². The second-order valence-corrected chi connectivity index (χ2v) is 6.10. The third-order valence-electron chi connectivity index (χ3n) is 4.02. The van der Waals surface area contributed by atoms with Crippen molar-refractivity contribution < 1.29 is 14.3 Å². The summed E-state index contributed by atoms with van der Waals surface area (Å²) in [6, 6.07) is 9.48. The number of aryl methyl sites for hydroxylation is 2. The lowest BCUT2D eigenvalue weighted by Crippen LogP contribution is -2.33. The maximum absolute atomic E-state index is 12.4. The van der Waals surface area contributed by atoms with Crippen molar-refractivity contribution in [3.63, 3.8) is 0 Å². The van der Waals surface area contributed by atoms with Crippen molar-refractivity contribution in [1.82, 2.24) is 4.98 Å². The van der Waals surface area contributed by atoms with Crippen LogP contribution in [0.3, 0.4) is 0 Å². The molecule has 0 saturated carbocycles. The maximum atomic E-state index is 12.4. The Morgan fingerprint density at radius 3 is 2.79 bits per heavy atom. The first-order valence-corrected chi connectivity index (χ1v) is 8.04. The standard InChI is InChI=1S/C18H17ClN2O3/c1-11-9-12(2)20-17(19)16(11)18(23)24-10-15(22)21-8-7-13-5-3-4-6-14(13)21/h3-6,9H,7-8,10H2,1-2H3. The number of esters is 1. The van der Waals surface area contributed by atoms with Gasteiger partial charge in [0.05, 0.1) is 5.56 Å². The van der Waals surface area contributed by atoms with Gasteiger partial charge in [0.2, 0.25) is 0 Å². The predicted molar refractivity (Wildman–Crippen MR) is 91.5 cm³/mol. The fourth-order valence-electron chi connectivity index (χ4n) is 2.91. The average Bonchev–Trinajstić information content (AvgIpc) is 2.95. The number of amides is 1. The molecule has 124 valence electrons. The topological polar surface area (TPSA) is 59.5 Å². The molecule has 0 radical (unpaired) electrons.